The third-order valence-corrected chi connectivity index (χ3v) is 4.26. The van der Waals surface area contributed by atoms with E-state index in [1.54, 1.807) is 37.1 Å². The molecular formula is C18H18F2N4O2. The van der Waals surface area contributed by atoms with Crippen LogP contribution in [0.25, 0.3) is 11.0 Å². The molecule has 0 radical (unpaired) electrons. The van der Waals surface area contributed by atoms with Gasteiger partial charge in [-0.05, 0) is 38.2 Å². The van der Waals surface area contributed by atoms with E-state index < -0.39 is 17.7 Å². The summed E-state index contributed by atoms with van der Waals surface area (Å²) in [5, 5.41) is 2.76. The highest BCUT2D eigenvalue weighted by Gasteiger charge is 2.19. The molecule has 26 heavy (non-hydrogen) atoms. The summed E-state index contributed by atoms with van der Waals surface area (Å²) in [6.07, 6.45) is 0. The van der Waals surface area contributed by atoms with Gasteiger partial charge in [-0.25, -0.2) is 13.6 Å². The van der Waals surface area contributed by atoms with Crippen molar-refractivity contribution < 1.29 is 13.6 Å². The average molecular weight is 360 g/mol. The summed E-state index contributed by atoms with van der Waals surface area (Å²) < 4.78 is 26.8. The average Bonchev–Trinajstić information content (AvgIpc) is 2.95. The number of hydrogen-bond acceptors (Lipinski definition) is 3. The number of halogens is 2. The first-order chi connectivity index (χ1) is 12.3. The van der Waals surface area contributed by atoms with Crippen molar-refractivity contribution in [2.45, 2.75) is 19.5 Å². The van der Waals surface area contributed by atoms with Crippen LogP contribution in [0.15, 0.2) is 41.2 Å². The van der Waals surface area contributed by atoms with Gasteiger partial charge in [0.2, 0.25) is 5.91 Å². The highest BCUT2D eigenvalue weighted by molar-refractivity contribution is 5.96. The quantitative estimate of drug-likeness (QED) is 0.654. The number of imidazole rings is 1. The second kappa shape index (κ2) is 7.09. The van der Waals surface area contributed by atoms with Gasteiger partial charge >= 0.3 is 5.69 Å². The van der Waals surface area contributed by atoms with Crippen molar-refractivity contribution in [2.75, 3.05) is 12.4 Å². The Morgan fingerprint density at radius 2 is 1.88 bits per heavy atom. The van der Waals surface area contributed by atoms with E-state index in [1.807, 2.05) is 0 Å². The molecule has 1 atom stereocenters. The van der Waals surface area contributed by atoms with E-state index in [2.05, 4.69) is 15.3 Å². The Bertz CT molecular complexity index is 1010. The van der Waals surface area contributed by atoms with Crippen molar-refractivity contribution in [3.05, 3.63) is 64.1 Å². The number of nitrogens with one attached hydrogen (secondary N) is 3. The second-order valence-electron chi connectivity index (χ2n) is 6.16. The molecule has 0 aliphatic carbocycles. The van der Waals surface area contributed by atoms with Crippen LogP contribution < -0.4 is 11.0 Å². The fourth-order valence-electron chi connectivity index (χ4n) is 2.61. The van der Waals surface area contributed by atoms with E-state index in [1.165, 1.54) is 12.1 Å². The third kappa shape index (κ3) is 3.80. The normalized spacial score (nSPS) is 12.5. The molecule has 1 heterocycles. The highest BCUT2D eigenvalue weighted by Crippen LogP contribution is 2.16. The van der Waals surface area contributed by atoms with Crippen LogP contribution in [0.5, 0.6) is 0 Å². The molecule has 6 nitrogen and oxygen atoms in total. The van der Waals surface area contributed by atoms with E-state index in [4.69, 9.17) is 0 Å². The minimum Gasteiger partial charge on any atom is -0.325 e. The molecule has 0 spiro atoms. The molecule has 8 heteroatoms. The van der Waals surface area contributed by atoms with Gasteiger partial charge in [-0.2, -0.15) is 0 Å². The number of likely N-dealkylation sites (N-methyl/N-ethyl adjacent to an activating group) is 1. The molecule has 1 amide bonds. The lowest BCUT2D eigenvalue weighted by Gasteiger charge is -2.24. The monoisotopic (exact) mass is 360 g/mol. The second-order valence-corrected chi connectivity index (χ2v) is 6.16. The summed E-state index contributed by atoms with van der Waals surface area (Å²) >= 11 is 0. The Balaban J connectivity index is 1.68. The molecule has 3 aromatic rings. The van der Waals surface area contributed by atoms with Crippen LogP contribution in [0.4, 0.5) is 14.5 Å². The summed E-state index contributed by atoms with van der Waals surface area (Å²) in [5.41, 5.74) is 1.75. The maximum absolute atomic E-state index is 13.8. The molecule has 3 N–H and O–H groups in total. The van der Waals surface area contributed by atoms with Crippen LogP contribution in [0.2, 0.25) is 0 Å². The van der Waals surface area contributed by atoms with Crippen LogP contribution in [-0.2, 0) is 11.3 Å². The number of fused-ring (bicyclic) bond motifs is 1. The number of carbonyl (C=O) groups is 1. The predicted octanol–water partition coefficient (Wildman–Crippen LogP) is 2.59. The summed E-state index contributed by atoms with van der Waals surface area (Å²) in [5.74, 6) is -1.57. The van der Waals surface area contributed by atoms with E-state index in [0.717, 1.165) is 6.07 Å². The Labute approximate surface area is 147 Å². The summed E-state index contributed by atoms with van der Waals surface area (Å²) in [6, 6.07) is 7.83. The molecular weight excluding hydrogens is 342 g/mol. The standard InChI is InChI=1S/C18H18F2N4O2/c1-10(24(2)9-11-3-4-12(19)7-14(11)20)17(25)21-13-5-6-15-16(8-13)23-18(26)22-15/h3-8,10H,9H2,1-2H3,(H,21,25)(H2,22,23,26)/t10-/m0/s1. The van der Waals surface area contributed by atoms with Gasteiger partial charge in [0, 0.05) is 23.9 Å². The van der Waals surface area contributed by atoms with Crippen LogP contribution in [0.1, 0.15) is 12.5 Å². The molecule has 0 fully saturated rings. The van der Waals surface area contributed by atoms with Gasteiger partial charge in [0.1, 0.15) is 11.6 Å². The number of aromatic amines is 2. The van der Waals surface area contributed by atoms with Crippen molar-refractivity contribution in [1.29, 1.82) is 0 Å². The van der Waals surface area contributed by atoms with Gasteiger partial charge in [-0.3, -0.25) is 9.69 Å². The summed E-state index contributed by atoms with van der Waals surface area (Å²) in [6.45, 7) is 1.85. The maximum atomic E-state index is 13.8. The molecule has 0 saturated heterocycles. The fourth-order valence-corrected chi connectivity index (χ4v) is 2.61. The van der Waals surface area contributed by atoms with E-state index in [0.29, 0.717) is 22.3 Å². The number of anilines is 1. The van der Waals surface area contributed by atoms with Gasteiger partial charge in [0.15, 0.2) is 0 Å². The zero-order valence-electron chi connectivity index (χ0n) is 14.3. The Hall–Kier alpha value is -3.00. The van der Waals surface area contributed by atoms with E-state index >= 15 is 0 Å². The molecule has 3 rings (SSSR count). The zero-order chi connectivity index (χ0) is 18.8. The molecule has 1 aromatic heterocycles. The molecule has 0 aliphatic heterocycles. The fraction of sp³-hybridized carbons (Fsp3) is 0.222. The third-order valence-electron chi connectivity index (χ3n) is 4.26. The molecule has 0 bridgehead atoms. The maximum Gasteiger partial charge on any atom is 0.323 e. The van der Waals surface area contributed by atoms with E-state index in [9.17, 15) is 18.4 Å². The Kier molecular flexibility index (Phi) is 4.85. The number of hydrogen-bond donors (Lipinski definition) is 3. The zero-order valence-corrected chi connectivity index (χ0v) is 14.3. The van der Waals surface area contributed by atoms with Crippen LogP contribution >= 0.6 is 0 Å². The minimum atomic E-state index is -0.647. The summed E-state index contributed by atoms with van der Waals surface area (Å²) in [4.78, 5) is 30.6. The van der Waals surface area contributed by atoms with Crippen molar-refractivity contribution in [3.63, 3.8) is 0 Å². The number of carbonyl (C=O) groups excluding carboxylic acids is 1. The lowest BCUT2D eigenvalue weighted by Crippen LogP contribution is -2.39. The van der Waals surface area contributed by atoms with Crippen molar-refractivity contribution in [3.8, 4) is 0 Å². The predicted molar refractivity (Wildman–Crippen MR) is 94.8 cm³/mol. The molecule has 136 valence electrons. The van der Waals surface area contributed by atoms with Gasteiger partial charge in [0.25, 0.3) is 0 Å². The molecule has 0 unspecified atom stereocenters. The van der Waals surface area contributed by atoms with Crippen LogP contribution in [0.3, 0.4) is 0 Å². The first kappa shape index (κ1) is 17.8. The number of nitrogens with zero attached hydrogens (tertiary/aromatic N) is 1. The van der Waals surface area contributed by atoms with Crippen LogP contribution in [0, 0.1) is 11.6 Å². The first-order valence-electron chi connectivity index (χ1n) is 8.00. The first-order valence-corrected chi connectivity index (χ1v) is 8.00. The Morgan fingerprint density at radius 1 is 1.15 bits per heavy atom. The van der Waals surface area contributed by atoms with Crippen molar-refractivity contribution >= 4 is 22.6 Å². The topological polar surface area (TPSA) is 81.0 Å². The molecule has 0 aliphatic rings. The molecule has 2 aromatic carbocycles. The number of H-pyrrole nitrogens is 2. The largest absolute Gasteiger partial charge is 0.325 e. The SMILES string of the molecule is C[C@@H](C(=O)Nc1ccc2[nH]c(=O)[nH]c2c1)N(C)Cc1ccc(F)cc1F. The lowest BCUT2D eigenvalue weighted by molar-refractivity contribution is -0.120. The van der Waals surface area contributed by atoms with Crippen molar-refractivity contribution in [1.82, 2.24) is 14.9 Å². The summed E-state index contributed by atoms with van der Waals surface area (Å²) in [7, 11) is 1.68. The smallest absolute Gasteiger partial charge is 0.323 e. The van der Waals surface area contributed by atoms with E-state index in [-0.39, 0.29) is 18.1 Å². The number of aromatic nitrogens is 2. The van der Waals surface area contributed by atoms with Gasteiger partial charge < -0.3 is 15.3 Å². The van der Waals surface area contributed by atoms with Gasteiger partial charge in [0.05, 0.1) is 17.1 Å². The van der Waals surface area contributed by atoms with Gasteiger partial charge in [-0.15, -0.1) is 0 Å². The van der Waals surface area contributed by atoms with Crippen LogP contribution in [-0.4, -0.2) is 33.9 Å². The lowest BCUT2D eigenvalue weighted by atomic mass is 10.1. The number of amides is 1. The Morgan fingerprint density at radius 3 is 2.62 bits per heavy atom. The number of rotatable bonds is 5. The minimum absolute atomic E-state index is 0.158. The number of benzene rings is 2. The molecule has 0 saturated carbocycles. The van der Waals surface area contributed by atoms with Crippen molar-refractivity contribution in [2.24, 2.45) is 0 Å². The highest BCUT2D eigenvalue weighted by atomic mass is 19.1. The van der Waals surface area contributed by atoms with Gasteiger partial charge in [-0.1, -0.05) is 6.07 Å².